The lowest BCUT2D eigenvalue weighted by atomic mass is 10.0. The lowest BCUT2D eigenvalue weighted by molar-refractivity contribution is -0.119. The zero-order valence-electron chi connectivity index (χ0n) is 9.67. The first-order valence-electron chi connectivity index (χ1n) is 6.19. The van der Waals surface area contributed by atoms with E-state index in [1.54, 1.807) is 0 Å². The van der Waals surface area contributed by atoms with E-state index in [4.69, 9.17) is 0 Å². The molecule has 3 nitrogen and oxygen atoms in total. The number of aliphatic hydroxyl groups excluding tert-OH is 1. The van der Waals surface area contributed by atoms with E-state index in [0.29, 0.717) is 12.5 Å². The number of carbonyl (C=O) groups is 1. The van der Waals surface area contributed by atoms with Crippen LogP contribution in [0.2, 0.25) is 0 Å². The number of carbonyl (C=O) groups excluding carboxylic acids is 1. The van der Waals surface area contributed by atoms with Gasteiger partial charge in [0.2, 0.25) is 5.91 Å². The molecule has 88 valence electrons. The van der Waals surface area contributed by atoms with Gasteiger partial charge in [0.1, 0.15) is 0 Å². The molecular weight excluding hydrogens is 190 g/mol. The van der Waals surface area contributed by atoms with Crippen molar-refractivity contribution in [2.24, 2.45) is 0 Å². The molecule has 1 fully saturated rings. The lowest BCUT2D eigenvalue weighted by Gasteiger charge is -2.13. The maximum Gasteiger partial charge on any atom is 0.220 e. The van der Waals surface area contributed by atoms with Crippen LogP contribution in [-0.4, -0.2) is 23.2 Å². The molecule has 0 bridgehead atoms. The Bertz CT molecular complexity index is 194. The number of hydrogen-bond acceptors (Lipinski definition) is 2. The van der Waals surface area contributed by atoms with Crippen LogP contribution in [0, 0.1) is 0 Å². The van der Waals surface area contributed by atoms with E-state index in [9.17, 15) is 9.90 Å². The van der Waals surface area contributed by atoms with Crippen molar-refractivity contribution in [3.63, 3.8) is 0 Å². The van der Waals surface area contributed by atoms with Gasteiger partial charge in [0, 0.05) is 12.5 Å². The molecule has 0 aromatic carbocycles. The molecule has 0 radical (unpaired) electrons. The number of amides is 1. The van der Waals surface area contributed by atoms with Crippen molar-refractivity contribution in [2.75, 3.05) is 0 Å². The summed E-state index contributed by atoms with van der Waals surface area (Å²) < 4.78 is 0. The zero-order valence-corrected chi connectivity index (χ0v) is 9.67. The van der Waals surface area contributed by atoms with E-state index in [1.807, 2.05) is 0 Å². The van der Waals surface area contributed by atoms with Crippen molar-refractivity contribution in [3.8, 4) is 0 Å². The quantitative estimate of drug-likeness (QED) is 0.635. The lowest BCUT2D eigenvalue weighted by Crippen LogP contribution is -2.26. The van der Waals surface area contributed by atoms with Crippen molar-refractivity contribution in [3.05, 3.63) is 0 Å². The second-order valence-electron chi connectivity index (χ2n) is 4.53. The van der Waals surface area contributed by atoms with Crippen LogP contribution in [-0.2, 0) is 4.79 Å². The molecule has 3 heteroatoms. The van der Waals surface area contributed by atoms with Crippen molar-refractivity contribution >= 4 is 5.91 Å². The van der Waals surface area contributed by atoms with Gasteiger partial charge in [-0.2, -0.15) is 0 Å². The molecule has 1 aliphatic rings. The van der Waals surface area contributed by atoms with Crippen LogP contribution in [0.1, 0.15) is 58.3 Å². The summed E-state index contributed by atoms with van der Waals surface area (Å²) in [6, 6.07) is 0.318. The normalized spacial score (nSPS) is 22.8. The maximum absolute atomic E-state index is 10.9. The van der Waals surface area contributed by atoms with Crippen LogP contribution in [0.4, 0.5) is 0 Å². The van der Waals surface area contributed by atoms with Crippen LogP contribution < -0.4 is 5.32 Å². The summed E-state index contributed by atoms with van der Waals surface area (Å²) in [4.78, 5) is 10.9. The number of aliphatic hydroxyl groups is 1. The second-order valence-corrected chi connectivity index (χ2v) is 4.53. The first kappa shape index (κ1) is 12.5. The molecule has 1 saturated heterocycles. The third-order valence-corrected chi connectivity index (χ3v) is 3.07. The van der Waals surface area contributed by atoms with E-state index in [1.165, 1.54) is 12.8 Å². The summed E-state index contributed by atoms with van der Waals surface area (Å²) in [6.45, 7) is 2.17. The Balaban J connectivity index is 2.01. The summed E-state index contributed by atoms with van der Waals surface area (Å²) >= 11 is 0. The monoisotopic (exact) mass is 213 g/mol. The molecule has 2 unspecified atom stereocenters. The molecule has 0 aliphatic carbocycles. The average Bonchev–Trinajstić information content (AvgIpc) is 2.62. The smallest absolute Gasteiger partial charge is 0.220 e. The van der Waals surface area contributed by atoms with Crippen molar-refractivity contribution in [1.29, 1.82) is 0 Å². The SMILES string of the molecule is CCCCCC(O)CCC1CCC(=O)N1. The van der Waals surface area contributed by atoms with Gasteiger partial charge in [-0.15, -0.1) is 0 Å². The molecule has 2 atom stereocenters. The number of hydrogen-bond donors (Lipinski definition) is 2. The fraction of sp³-hybridized carbons (Fsp3) is 0.917. The van der Waals surface area contributed by atoms with Crippen LogP contribution >= 0.6 is 0 Å². The summed E-state index contributed by atoms with van der Waals surface area (Å²) in [6.07, 6.45) is 7.63. The fourth-order valence-corrected chi connectivity index (χ4v) is 2.06. The Morgan fingerprint density at radius 1 is 1.47 bits per heavy atom. The molecule has 2 N–H and O–H groups in total. The van der Waals surface area contributed by atoms with Gasteiger partial charge < -0.3 is 10.4 Å². The average molecular weight is 213 g/mol. The largest absolute Gasteiger partial charge is 0.393 e. The van der Waals surface area contributed by atoms with E-state index in [2.05, 4.69) is 12.2 Å². The van der Waals surface area contributed by atoms with Crippen LogP contribution in [0.3, 0.4) is 0 Å². The van der Waals surface area contributed by atoms with Crippen LogP contribution in [0.5, 0.6) is 0 Å². The van der Waals surface area contributed by atoms with Crippen molar-refractivity contribution < 1.29 is 9.90 Å². The van der Waals surface area contributed by atoms with E-state index < -0.39 is 0 Å². The Kier molecular flexibility index (Phi) is 5.69. The third-order valence-electron chi connectivity index (χ3n) is 3.07. The predicted octanol–water partition coefficient (Wildman–Crippen LogP) is 1.99. The van der Waals surface area contributed by atoms with Crippen molar-refractivity contribution in [2.45, 2.75) is 70.4 Å². The molecule has 1 amide bonds. The molecule has 15 heavy (non-hydrogen) atoms. The molecule has 0 spiro atoms. The Morgan fingerprint density at radius 2 is 2.27 bits per heavy atom. The van der Waals surface area contributed by atoms with Gasteiger partial charge in [-0.25, -0.2) is 0 Å². The van der Waals surface area contributed by atoms with Gasteiger partial charge in [-0.1, -0.05) is 26.2 Å². The Hall–Kier alpha value is -0.570. The molecule has 0 saturated carbocycles. The summed E-state index contributed by atoms with van der Waals surface area (Å²) in [5, 5.41) is 12.6. The molecule has 0 aromatic rings. The predicted molar refractivity (Wildman–Crippen MR) is 60.5 cm³/mol. The number of unbranched alkanes of at least 4 members (excludes halogenated alkanes) is 2. The molecule has 1 aliphatic heterocycles. The number of rotatable bonds is 7. The van der Waals surface area contributed by atoms with Gasteiger partial charge in [-0.3, -0.25) is 4.79 Å². The van der Waals surface area contributed by atoms with E-state index in [-0.39, 0.29) is 12.0 Å². The second kappa shape index (κ2) is 6.83. The Morgan fingerprint density at radius 3 is 2.87 bits per heavy atom. The zero-order chi connectivity index (χ0) is 11.1. The highest BCUT2D eigenvalue weighted by molar-refractivity contribution is 5.78. The molecule has 1 heterocycles. The first-order chi connectivity index (χ1) is 7.22. The highest BCUT2D eigenvalue weighted by Crippen LogP contribution is 2.15. The van der Waals surface area contributed by atoms with E-state index in [0.717, 1.165) is 32.1 Å². The highest BCUT2D eigenvalue weighted by atomic mass is 16.3. The Labute approximate surface area is 92.3 Å². The van der Waals surface area contributed by atoms with Gasteiger partial charge in [0.15, 0.2) is 0 Å². The van der Waals surface area contributed by atoms with Gasteiger partial charge in [-0.05, 0) is 25.7 Å². The van der Waals surface area contributed by atoms with E-state index >= 15 is 0 Å². The van der Waals surface area contributed by atoms with Crippen LogP contribution in [0.15, 0.2) is 0 Å². The standard InChI is InChI=1S/C12H23NO2/c1-2-3-4-5-11(14)8-6-10-7-9-12(15)13-10/h10-11,14H,2-9H2,1H3,(H,13,15). The molecule has 0 aromatic heterocycles. The topological polar surface area (TPSA) is 49.3 Å². The fourth-order valence-electron chi connectivity index (χ4n) is 2.06. The minimum atomic E-state index is -0.172. The molecular formula is C12H23NO2. The van der Waals surface area contributed by atoms with Gasteiger partial charge in [0.25, 0.3) is 0 Å². The minimum Gasteiger partial charge on any atom is -0.393 e. The highest BCUT2D eigenvalue weighted by Gasteiger charge is 2.20. The van der Waals surface area contributed by atoms with Crippen molar-refractivity contribution in [1.82, 2.24) is 5.32 Å². The summed E-state index contributed by atoms with van der Waals surface area (Å²) in [5.74, 6) is 0.167. The van der Waals surface area contributed by atoms with Gasteiger partial charge in [0.05, 0.1) is 6.10 Å². The third kappa shape index (κ3) is 5.17. The summed E-state index contributed by atoms with van der Waals surface area (Å²) in [7, 11) is 0. The first-order valence-corrected chi connectivity index (χ1v) is 6.19. The van der Waals surface area contributed by atoms with Crippen LogP contribution in [0.25, 0.3) is 0 Å². The minimum absolute atomic E-state index is 0.167. The van der Waals surface area contributed by atoms with Gasteiger partial charge >= 0.3 is 0 Å². The maximum atomic E-state index is 10.9. The summed E-state index contributed by atoms with van der Waals surface area (Å²) in [5.41, 5.74) is 0. The molecule has 1 rings (SSSR count). The number of nitrogens with one attached hydrogen (secondary N) is 1.